The molecule has 0 aromatic heterocycles. The van der Waals surface area contributed by atoms with Crippen molar-refractivity contribution in [3.05, 3.63) is 35.9 Å². The molecule has 110 valence electrons. The van der Waals surface area contributed by atoms with Crippen LogP contribution in [-0.4, -0.2) is 41.1 Å². The Bertz CT molecular complexity index is 447. The molecule has 20 heavy (non-hydrogen) atoms. The molecule has 0 radical (unpaired) electrons. The molecule has 1 saturated heterocycles. The van der Waals surface area contributed by atoms with Crippen LogP contribution in [0.3, 0.4) is 0 Å². The molecule has 3 atom stereocenters. The van der Waals surface area contributed by atoms with Crippen LogP contribution in [0.5, 0.6) is 0 Å². The number of esters is 1. The predicted molar refractivity (Wildman–Crippen MR) is 71.8 cm³/mol. The minimum Gasteiger partial charge on any atom is -0.453 e. The minimum atomic E-state index is -1.23. The first kappa shape index (κ1) is 15.0. The van der Waals surface area contributed by atoms with E-state index in [0.29, 0.717) is 13.2 Å². The van der Waals surface area contributed by atoms with Crippen LogP contribution in [-0.2, 0) is 20.9 Å². The Labute approximate surface area is 118 Å². The van der Waals surface area contributed by atoms with Crippen LogP contribution in [0.1, 0.15) is 18.9 Å². The zero-order valence-corrected chi connectivity index (χ0v) is 11.5. The van der Waals surface area contributed by atoms with Gasteiger partial charge in [-0.25, -0.2) is 0 Å². The third-order valence-corrected chi connectivity index (χ3v) is 3.74. The zero-order chi connectivity index (χ0) is 14.6. The van der Waals surface area contributed by atoms with Gasteiger partial charge in [0.25, 0.3) is 0 Å². The molecule has 1 aromatic carbocycles. The molecule has 1 aromatic rings. The van der Waals surface area contributed by atoms with E-state index >= 15 is 0 Å². The maximum Gasteiger partial charge on any atom is 0.312 e. The van der Waals surface area contributed by atoms with Crippen LogP contribution in [0.2, 0.25) is 0 Å². The molecular formula is C15H20O5. The molecule has 5 heteroatoms. The van der Waals surface area contributed by atoms with E-state index in [0.717, 1.165) is 5.56 Å². The van der Waals surface area contributed by atoms with Crippen LogP contribution in [0.25, 0.3) is 0 Å². The summed E-state index contributed by atoms with van der Waals surface area (Å²) < 4.78 is 10.7. The Morgan fingerprint density at radius 1 is 1.35 bits per heavy atom. The second kappa shape index (κ2) is 6.35. The Hall–Kier alpha value is -1.43. The molecule has 1 aliphatic heterocycles. The van der Waals surface area contributed by atoms with Gasteiger partial charge in [0.2, 0.25) is 0 Å². The first-order chi connectivity index (χ1) is 9.59. The average molecular weight is 280 g/mol. The molecule has 1 heterocycles. The van der Waals surface area contributed by atoms with Crippen molar-refractivity contribution < 1.29 is 24.5 Å². The molecule has 1 fully saturated rings. The molecule has 2 N–H and O–H groups in total. The molecule has 0 aliphatic carbocycles. The van der Waals surface area contributed by atoms with Crippen LogP contribution in [0.4, 0.5) is 0 Å². The topological polar surface area (TPSA) is 76.0 Å². The molecule has 2 rings (SSSR count). The second-order valence-electron chi connectivity index (χ2n) is 5.17. The monoisotopic (exact) mass is 280 g/mol. The Morgan fingerprint density at radius 2 is 2.05 bits per heavy atom. The molecule has 5 nitrogen and oxygen atoms in total. The zero-order valence-electron chi connectivity index (χ0n) is 11.5. The number of ether oxygens (including phenoxy) is 2. The van der Waals surface area contributed by atoms with Gasteiger partial charge < -0.3 is 19.7 Å². The molecule has 0 spiro atoms. The summed E-state index contributed by atoms with van der Waals surface area (Å²) in [4.78, 5) is 11.5. The van der Waals surface area contributed by atoms with Crippen molar-refractivity contribution in [1.82, 2.24) is 0 Å². The van der Waals surface area contributed by atoms with Gasteiger partial charge in [0.05, 0.1) is 25.7 Å². The van der Waals surface area contributed by atoms with E-state index in [1.807, 2.05) is 30.3 Å². The van der Waals surface area contributed by atoms with Gasteiger partial charge in [0.15, 0.2) is 5.60 Å². The molecule has 1 aliphatic rings. The fourth-order valence-corrected chi connectivity index (χ4v) is 2.35. The van der Waals surface area contributed by atoms with E-state index in [1.54, 1.807) is 6.92 Å². The summed E-state index contributed by atoms with van der Waals surface area (Å²) >= 11 is 0. The molecular weight excluding hydrogens is 260 g/mol. The lowest BCUT2D eigenvalue weighted by Crippen LogP contribution is -2.45. The first-order valence-corrected chi connectivity index (χ1v) is 6.72. The number of hydrogen-bond donors (Lipinski definition) is 2. The number of rotatable bonds is 6. The third kappa shape index (κ3) is 3.00. The number of cyclic esters (lactones) is 1. The van der Waals surface area contributed by atoms with Crippen molar-refractivity contribution in [2.45, 2.75) is 31.7 Å². The molecule has 0 bridgehead atoms. The Kier molecular flexibility index (Phi) is 4.75. The van der Waals surface area contributed by atoms with Crippen molar-refractivity contribution >= 4 is 5.97 Å². The van der Waals surface area contributed by atoms with Crippen molar-refractivity contribution in [3.8, 4) is 0 Å². The van der Waals surface area contributed by atoms with E-state index in [9.17, 15) is 15.0 Å². The summed E-state index contributed by atoms with van der Waals surface area (Å²) in [5.41, 5.74) is -0.185. The summed E-state index contributed by atoms with van der Waals surface area (Å²) in [5, 5.41) is 19.5. The fourth-order valence-electron chi connectivity index (χ4n) is 2.35. The van der Waals surface area contributed by atoms with Crippen molar-refractivity contribution in [3.63, 3.8) is 0 Å². The highest BCUT2D eigenvalue weighted by Crippen LogP contribution is 2.34. The number of carbonyl (C=O) groups is 1. The predicted octanol–water partition coefficient (Wildman–Crippen LogP) is 0.878. The van der Waals surface area contributed by atoms with Gasteiger partial charge in [-0.3, -0.25) is 4.79 Å². The highest BCUT2D eigenvalue weighted by molar-refractivity contribution is 5.76. The third-order valence-electron chi connectivity index (χ3n) is 3.74. The lowest BCUT2D eigenvalue weighted by molar-refractivity contribution is -0.159. The average Bonchev–Trinajstić information content (AvgIpc) is 2.70. The Balaban J connectivity index is 1.84. The van der Waals surface area contributed by atoms with Gasteiger partial charge in [-0.05, 0) is 12.5 Å². The summed E-state index contributed by atoms with van der Waals surface area (Å²) in [7, 11) is 0. The van der Waals surface area contributed by atoms with E-state index in [1.165, 1.54) is 0 Å². The van der Waals surface area contributed by atoms with Gasteiger partial charge in [-0.15, -0.1) is 0 Å². The number of aliphatic hydroxyl groups is 2. The van der Waals surface area contributed by atoms with E-state index in [4.69, 9.17) is 9.47 Å². The number of carbonyl (C=O) groups excluding carboxylic acids is 1. The second-order valence-corrected chi connectivity index (χ2v) is 5.17. The Morgan fingerprint density at radius 3 is 2.60 bits per heavy atom. The van der Waals surface area contributed by atoms with Crippen LogP contribution in [0, 0.1) is 5.92 Å². The standard InChI is InChI=1S/C15H20O5/c1-11-13(17)15(10-16,20-14(11)18)7-8-19-9-12-5-3-2-4-6-12/h2-6,11,13,16-17H,7-10H2,1H3/t11-,13-,15+/m0/s1. The fraction of sp³-hybridized carbons (Fsp3) is 0.533. The van der Waals surface area contributed by atoms with Crippen molar-refractivity contribution in [2.75, 3.05) is 13.2 Å². The first-order valence-electron chi connectivity index (χ1n) is 6.72. The quantitative estimate of drug-likeness (QED) is 0.597. The number of hydrogen-bond acceptors (Lipinski definition) is 5. The summed E-state index contributed by atoms with van der Waals surface area (Å²) in [5.74, 6) is -1.09. The smallest absolute Gasteiger partial charge is 0.312 e. The van der Waals surface area contributed by atoms with Crippen molar-refractivity contribution in [1.29, 1.82) is 0 Å². The number of aliphatic hydroxyl groups excluding tert-OH is 2. The molecule has 0 amide bonds. The van der Waals surface area contributed by atoms with Crippen LogP contribution >= 0.6 is 0 Å². The highest BCUT2D eigenvalue weighted by atomic mass is 16.6. The van der Waals surface area contributed by atoms with Crippen molar-refractivity contribution in [2.24, 2.45) is 5.92 Å². The van der Waals surface area contributed by atoms with Gasteiger partial charge in [0, 0.05) is 6.42 Å². The minimum absolute atomic E-state index is 0.271. The normalized spacial score (nSPS) is 29.4. The van der Waals surface area contributed by atoms with Crippen LogP contribution in [0.15, 0.2) is 30.3 Å². The van der Waals surface area contributed by atoms with E-state index < -0.39 is 30.2 Å². The summed E-state index contributed by atoms with van der Waals surface area (Å²) in [6, 6.07) is 9.69. The summed E-state index contributed by atoms with van der Waals surface area (Å²) in [6.07, 6.45) is -0.728. The van der Waals surface area contributed by atoms with Gasteiger partial charge >= 0.3 is 5.97 Å². The lowest BCUT2D eigenvalue weighted by atomic mass is 9.89. The largest absolute Gasteiger partial charge is 0.453 e. The lowest BCUT2D eigenvalue weighted by Gasteiger charge is -2.29. The van der Waals surface area contributed by atoms with E-state index in [-0.39, 0.29) is 6.42 Å². The van der Waals surface area contributed by atoms with E-state index in [2.05, 4.69) is 0 Å². The van der Waals surface area contributed by atoms with Crippen LogP contribution < -0.4 is 0 Å². The maximum absolute atomic E-state index is 11.5. The SMILES string of the molecule is C[C@@H]1C(=O)O[C@@](CO)(CCOCc2ccccc2)[C@H]1O. The van der Waals surface area contributed by atoms with Gasteiger partial charge in [-0.1, -0.05) is 30.3 Å². The number of benzene rings is 1. The molecule has 0 unspecified atom stereocenters. The maximum atomic E-state index is 11.5. The van der Waals surface area contributed by atoms with Gasteiger partial charge in [0.1, 0.15) is 6.10 Å². The summed E-state index contributed by atoms with van der Waals surface area (Å²) in [6.45, 7) is 1.93. The molecule has 0 saturated carbocycles. The highest BCUT2D eigenvalue weighted by Gasteiger charge is 2.52. The van der Waals surface area contributed by atoms with Gasteiger partial charge in [-0.2, -0.15) is 0 Å².